The van der Waals surface area contributed by atoms with E-state index in [0.717, 1.165) is 18.5 Å². The highest BCUT2D eigenvalue weighted by atomic mass is 32.2. The molecule has 0 fully saturated rings. The van der Waals surface area contributed by atoms with Crippen molar-refractivity contribution in [2.45, 2.75) is 31.4 Å². The van der Waals surface area contributed by atoms with Crippen molar-refractivity contribution >= 4 is 29.2 Å². The second-order valence-corrected chi connectivity index (χ2v) is 5.80. The van der Waals surface area contributed by atoms with Gasteiger partial charge >= 0.3 is 6.03 Å². The van der Waals surface area contributed by atoms with Gasteiger partial charge in [-0.25, -0.2) is 4.79 Å². The second kappa shape index (κ2) is 7.28. The van der Waals surface area contributed by atoms with Gasteiger partial charge in [-0.2, -0.15) is 11.8 Å². The van der Waals surface area contributed by atoms with Crippen LogP contribution in [0.15, 0.2) is 24.3 Å². The number of nitrogens with two attached hydrogens (primary N) is 1. The molecule has 4 N–H and O–H groups in total. The Bertz CT molecular complexity index is 393. The lowest BCUT2D eigenvalue weighted by atomic mass is 10.0. The van der Waals surface area contributed by atoms with Crippen LogP contribution >= 0.6 is 11.8 Å². The molecule has 0 spiro atoms. The average Bonchev–Trinajstić information content (AvgIpc) is 2.44. The molecular weight excluding hydrogens is 258 g/mol. The van der Waals surface area contributed by atoms with Gasteiger partial charge in [0.2, 0.25) is 0 Å². The number of amides is 2. The highest BCUT2D eigenvalue weighted by Crippen LogP contribution is 2.29. The number of benzene rings is 1. The molecule has 1 aromatic rings. The number of rotatable bonds is 6. The summed E-state index contributed by atoms with van der Waals surface area (Å²) < 4.78 is 0.123. The predicted octanol–water partition coefficient (Wildman–Crippen LogP) is 3.31. The predicted molar refractivity (Wildman–Crippen MR) is 84.7 cm³/mol. The number of carbonyl (C=O) groups is 1. The number of nitrogens with one attached hydrogen (secondary N) is 2. The van der Waals surface area contributed by atoms with Crippen molar-refractivity contribution in [1.82, 2.24) is 5.32 Å². The van der Waals surface area contributed by atoms with Crippen LogP contribution in [-0.2, 0) is 0 Å². The molecule has 0 atom stereocenters. The van der Waals surface area contributed by atoms with Crippen molar-refractivity contribution in [3.05, 3.63) is 24.3 Å². The number of hydrogen-bond acceptors (Lipinski definition) is 3. The summed E-state index contributed by atoms with van der Waals surface area (Å²) in [6.07, 6.45) is 4.16. The summed E-state index contributed by atoms with van der Waals surface area (Å²) in [6, 6.07) is 6.93. The summed E-state index contributed by atoms with van der Waals surface area (Å²) in [5.41, 5.74) is 7.03. The Labute approximate surface area is 119 Å². The van der Waals surface area contributed by atoms with Crippen LogP contribution in [0.3, 0.4) is 0 Å². The quantitative estimate of drug-likeness (QED) is 0.701. The van der Waals surface area contributed by atoms with E-state index in [2.05, 4.69) is 30.7 Å². The molecule has 0 saturated heterocycles. The fourth-order valence-corrected chi connectivity index (χ4v) is 2.64. The third-order valence-corrected chi connectivity index (χ3v) is 5.05. The molecule has 0 aliphatic heterocycles. The first-order valence-corrected chi connectivity index (χ1v) is 7.73. The highest BCUT2D eigenvalue weighted by Gasteiger charge is 2.25. The van der Waals surface area contributed by atoms with Gasteiger partial charge in [0.25, 0.3) is 0 Å². The Hall–Kier alpha value is -1.36. The molecule has 0 bridgehead atoms. The molecule has 0 radical (unpaired) electrons. The standard InChI is InChI=1S/C14H23N3OS/c1-4-14(5-2,19-3)10-16-13(18)17-12-8-6-11(15)7-9-12/h6-9H,4-5,10,15H2,1-3H3,(H2,16,17,18). The van der Waals surface area contributed by atoms with E-state index in [1.165, 1.54) is 0 Å². The monoisotopic (exact) mass is 281 g/mol. The number of urea groups is 1. The molecule has 5 heteroatoms. The molecule has 0 aliphatic rings. The SMILES string of the molecule is CCC(CC)(CNC(=O)Nc1ccc(N)cc1)SC. The Morgan fingerprint density at radius 3 is 2.32 bits per heavy atom. The normalized spacial score (nSPS) is 11.1. The first kappa shape index (κ1) is 15.7. The third-order valence-electron chi connectivity index (χ3n) is 3.46. The summed E-state index contributed by atoms with van der Waals surface area (Å²) in [4.78, 5) is 11.8. The van der Waals surface area contributed by atoms with E-state index < -0.39 is 0 Å². The first-order valence-electron chi connectivity index (χ1n) is 6.50. The van der Waals surface area contributed by atoms with Crippen LogP contribution in [0.2, 0.25) is 0 Å². The molecule has 0 unspecified atom stereocenters. The maximum atomic E-state index is 11.8. The smallest absolute Gasteiger partial charge is 0.319 e. The summed E-state index contributed by atoms with van der Waals surface area (Å²) in [5.74, 6) is 0. The van der Waals surface area contributed by atoms with E-state index in [4.69, 9.17) is 5.73 Å². The molecule has 1 rings (SSSR count). The van der Waals surface area contributed by atoms with Crippen LogP contribution in [0.25, 0.3) is 0 Å². The van der Waals surface area contributed by atoms with Crippen LogP contribution in [-0.4, -0.2) is 23.6 Å². The van der Waals surface area contributed by atoms with Gasteiger partial charge in [0.05, 0.1) is 0 Å². The van der Waals surface area contributed by atoms with Gasteiger partial charge in [-0.05, 0) is 43.4 Å². The summed E-state index contributed by atoms with van der Waals surface area (Å²) in [5, 5.41) is 5.74. The van der Waals surface area contributed by atoms with Crippen molar-refractivity contribution in [2.75, 3.05) is 23.9 Å². The van der Waals surface area contributed by atoms with Crippen molar-refractivity contribution in [1.29, 1.82) is 0 Å². The molecule has 2 amide bonds. The molecule has 106 valence electrons. The topological polar surface area (TPSA) is 67.2 Å². The average molecular weight is 281 g/mol. The molecule has 0 aromatic heterocycles. The molecule has 0 saturated carbocycles. The summed E-state index contributed by atoms with van der Waals surface area (Å²) >= 11 is 1.81. The highest BCUT2D eigenvalue weighted by molar-refractivity contribution is 8.00. The van der Waals surface area contributed by atoms with Crippen molar-refractivity contribution in [3.8, 4) is 0 Å². The Morgan fingerprint density at radius 2 is 1.84 bits per heavy atom. The number of hydrogen-bond donors (Lipinski definition) is 3. The van der Waals surface area contributed by atoms with E-state index >= 15 is 0 Å². The Morgan fingerprint density at radius 1 is 1.26 bits per heavy atom. The van der Waals surface area contributed by atoms with E-state index in [9.17, 15) is 4.79 Å². The van der Waals surface area contributed by atoms with Gasteiger partial charge in [0.1, 0.15) is 0 Å². The number of carbonyl (C=O) groups excluding carboxylic acids is 1. The summed E-state index contributed by atoms with van der Waals surface area (Å²) in [6.45, 7) is 4.97. The van der Waals surface area contributed by atoms with Crippen LogP contribution in [0.4, 0.5) is 16.2 Å². The zero-order valence-corrected chi connectivity index (χ0v) is 12.6. The zero-order chi connectivity index (χ0) is 14.3. The molecule has 19 heavy (non-hydrogen) atoms. The van der Waals surface area contributed by atoms with Gasteiger partial charge in [-0.1, -0.05) is 13.8 Å². The van der Waals surface area contributed by atoms with Crippen LogP contribution in [0, 0.1) is 0 Å². The number of anilines is 2. The lowest BCUT2D eigenvalue weighted by Crippen LogP contribution is -2.41. The second-order valence-electron chi connectivity index (χ2n) is 4.52. The van der Waals surface area contributed by atoms with Gasteiger partial charge in [-0.15, -0.1) is 0 Å². The summed E-state index contributed by atoms with van der Waals surface area (Å²) in [7, 11) is 0. The number of thioether (sulfide) groups is 1. The van der Waals surface area contributed by atoms with E-state index in [1.54, 1.807) is 24.3 Å². The van der Waals surface area contributed by atoms with Gasteiger partial charge in [-0.3, -0.25) is 0 Å². The Balaban J connectivity index is 2.49. The van der Waals surface area contributed by atoms with E-state index in [-0.39, 0.29) is 10.8 Å². The van der Waals surface area contributed by atoms with Gasteiger partial charge < -0.3 is 16.4 Å². The Kier molecular flexibility index (Phi) is 6.02. The van der Waals surface area contributed by atoms with Crippen molar-refractivity contribution in [3.63, 3.8) is 0 Å². The number of nitrogen functional groups attached to an aromatic ring is 1. The van der Waals surface area contributed by atoms with Crippen molar-refractivity contribution in [2.24, 2.45) is 0 Å². The largest absolute Gasteiger partial charge is 0.399 e. The molecule has 4 nitrogen and oxygen atoms in total. The first-order chi connectivity index (χ1) is 9.05. The maximum absolute atomic E-state index is 11.8. The molecule has 0 heterocycles. The lowest BCUT2D eigenvalue weighted by Gasteiger charge is -2.29. The van der Waals surface area contributed by atoms with Crippen LogP contribution < -0.4 is 16.4 Å². The fraction of sp³-hybridized carbons (Fsp3) is 0.500. The van der Waals surface area contributed by atoms with Gasteiger partial charge in [0.15, 0.2) is 0 Å². The minimum absolute atomic E-state index is 0.123. The molecular formula is C14H23N3OS. The molecule has 0 aliphatic carbocycles. The zero-order valence-electron chi connectivity index (χ0n) is 11.8. The maximum Gasteiger partial charge on any atom is 0.319 e. The van der Waals surface area contributed by atoms with Gasteiger partial charge in [0, 0.05) is 22.7 Å². The van der Waals surface area contributed by atoms with E-state index in [1.807, 2.05) is 11.8 Å². The third kappa shape index (κ3) is 4.67. The lowest BCUT2D eigenvalue weighted by molar-refractivity contribution is 0.250. The fourth-order valence-electron chi connectivity index (χ4n) is 1.84. The molecule has 1 aromatic carbocycles. The van der Waals surface area contributed by atoms with E-state index in [0.29, 0.717) is 12.2 Å². The van der Waals surface area contributed by atoms with Crippen LogP contribution in [0.5, 0.6) is 0 Å². The minimum Gasteiger partial charge on any atom is -0.399 e. The van der Waals surface area contributed by atoms with Crippen molar-refractivity contribution < 1.29 is 4.79 Å². The van der Waals surface area contributed by atoms with Crippen LogP contribution in [0.1, 0.15) is 26.7 Å². The minimum atomic E-state index is -0.176.